The maximum absolute atomic E-state index is 11.4. The SMILES string of the molecule is CCNC(=O)CN=C(NCC)NCCCc1ccc(Cl)cc1Cl.I. The Balaban J connectivity index is 0.00000529. The number of carbonyl (C=O) groups is 1. The molecule has 136 valence electrons. The van der Waals surface area contributed by atoms with Gasteiger partial charge in [0, 0.05) is 29.7 Å². The van der Waals surface area contributed by atoms with Gasteiger partial charge in [-0.3, -0.25) is 4.79 Å². The topological polar surface area (TPSA) is 65.5 Å². The molecule has 0 radical (unpaired) electrons. The molecule has 0 aliphatic carbocycles. The van der Waals surface area contributed by atoms with Gasteiger partial charge in [0.05, 0.1) is 0 Å². The van der Waals surface area contributed by atoms with Crippen molar-refractivity contribution < 1.29 is 4.79 Å². The average Bonchev–Trinajstić information content (AvgIpc) is 2.51. The Morgan fingerprint density at radius 3 is 2.46 bits per heavy atom. The van der Waals surface area contributed by atoms with Gasteiger partial charge in [-0.15, -0.1) is 24.0 Å². The standard InChI is InChI=1S/C16H24Cl2N4O.HI/c1-3-19-15(23)11-22-16(20-4-2)21-9-5-6-12-7-8-13(17)10-14(12)18;/h7-8,10H,3-6,9,11H2,1-2H3,(H,19,23)(H2,20,21,22);1H. The Kier molecular flexibility index (Phi) is 13.1. The minimum atomic E-state index is -0.0855. The first-order valence-corrected chi connectivity index (χ1v) is 8.55. The molecule has 0 spiro atoms. The molecule has 0 bridgehead atoms. The largest absolute Gasteiger partial charge is 0.357 e. The molecule has 0 atom stereocenters. The number of likely N-dealkylation sites (N-methyl/N-ethyl adjacent to an activating group) is 1. The molecule has 8 heteroatoms. The Bertz CT molecular complexity index is 541. The maximum Gasteiger partial charge on any atom is 0.241 e. The highest BCUT2D eigenvalue weighted by Crippen LogP contribution is 2.21. The second-order valence-electron chi connectivity index (χ2n) is 4.91. The van der Waals surface area contributed by atoms with E-state index in [0.717, 1.165) is 31.5 Å². The Morgan fingerprint density at radius 1 is 1.12 bits per heavy atom. The lowest BCUT2D eigenvalue weighted by atomic mass is 10.1. The molecule has 0 fully saturated rings. The number of benzene rings is 1. The van der Waals surface area contributed by atoms with Crippen LogP contribution in [0.5, 0.6) is 0 Å². The molecule has 1 aromatic carbocycles. The lowest BCUT2D eigenvalue weighted by molar-refractivity contribution is -0.119. The van der Waals surface area contributed by atoms with Gasteiger partial charge >= 0.3 is 0 Å². The molecule has 5 nitrogen and oxygen atoms in total. The Morgan fingerprint density at radius 2 is 1.83 bits per heavy atom. The highest BCUT2D eigenvalue weighted by molar-refractivity contribution is 14.0. The van der Waals surface area contributed by atoms with Crippen LogP contribution in [-0.2, 0) is 11.2 Å². The van der Waals surface area contributed by atoms with Gasteiger partial charge in [-0.2, -0.15) is 0 Å². The number of nitrogens with one attached hydrogen (secondary N) is 3. The zero-order valence-corrected chi connectivity index (χ0v) is 17.8. The van der Waals surface area contributed by atoms with Gasteiger partial charge < -0.3 is 16.0 Å². The molecule has 0 heterocycles. The molecule has 0 aromatic heterocycles. The summed E-state index contributed by atoms with van der Waals surface area (Å²) in [6.07, 6.45) is 1.74. The van der Waals surface area contributed by atoms with Crippen LogP contribution < -0.4 is 16.0 Å². The third kappa shape index (κ3) is 9.54. The van der Waals surface area contributed by atoms with Crippen LogP contribution in [0.15, 0.2) is 23.2 Å². The number of carbonyl (C=O) groups excluding carboxylic acids is 1. The van der Waals surface area contributed by atoms with Gasteiger partial charge in [0.2, 0.25) is 5.91 Å². The van der Waals surface area contributed by atoms with Gasteiger partial charge in [0.25, 0.3) is 0 Å². The number of amides is 1. The van der Waals surface area contributed by atoms with Crippen LogP contribution in [0.2, 0.25) is 10.0 Å². The van der Waals surface area contributed by atoms with Crippen molar-refractivity contribution in [2.75, 3.05) is 26.2 Å². The van der Waals surface area contributed by atoms with Crippen molar-refractivity contribution in [1.29, 1.82) is 0 Å². The van der Waals surface area contributed by atoms with E-state index >= 15 is 0 Å². The summed E-state index contributed by atoms with van der Waals surface area (Å²) in [7, 11) is 0. The lowest BCUT2D eigenvalue weighted by Crippen LogP contribution is -2.39. The smallest absolute Gasteiger partial charge is 0.241 e. The predicted molar refractivity (Wildman–Crippen MR) is 113 cm³/mol. The molecule has 1 aromatic rings. The number of halogens is 3. The summed E-state index contributed by atoms with van der Waals surface area (Å²) in [5.74, 6) is 0.554. The minimum Gasteiger partial charge on any atom is -0.357 e. The number of hydrogen-bond donors (Lipinski definition) is 3. The van der Waals surface area contributed by atoms with E-state index in [1.807, 2.05) is 26.0 Å². The number of hydrogen-bond acceptors (Lipinski definition) is 2. The van der Waals surface area contributed by atoms with Gasteiger partial charge in [0.15, 0.2) is 5.96 Å². The van der Waals surface area contributed by atoms with E-state index in [1.54, 1.807) is 6.07 Å². The molecule has 0 aliphatic rings. The first-order chi connectivity index (χ1) is 11.1. The molecule has 0 saturated carbocycles. The second-order valence-corrected chi connectivity index (χ2v) is 5.76. The summed E-state index contributed by atoms with van der Waals surface area (Å²) in [6, 6.07) is 5.54. The van der Waals surface area contributed by atoms with Crippen molar-refractivity contribution in [3.63, 3.8) is 0 Å². The van der Waals surface area contributed by atoms with E-state index in [9.17, 15) is 4.79 Å². The molecular weight excluding hydrogens is 462 g/mol. The van der Waals surface area contributed by atoms with Crippen molar-refractivity contribution in [2.24, 2.45) is 4.99 Å². The predicted octanol–water partition coefficient (Wildman–Crippen LogP) is 3.24. The van der Waals surface area contributed by atoms with Crippen LogP contribution in [-0.4, -0.2) is 38.0 Å². The number of rotatable bonds is 8. The second kappa shape index (κ2) is 13.5. The number of guanidine groups is 1. The van der Waals surface area contributed by atoms with E-state index in [4.69, 9.17) is 23.2 Å². The summed E-state index contributed by atoms with van der Waals surface area (Å²) in [5, 5.41) is 10.4. The van der Waals surface area contributed by atoms with E-state index < -0.39 is 0 Å². The van der Waals surface area contributed by atoms with Crippen molar-refractivity contribution in [3.05, 3.63) is 33.8 Å². The highest BCUT2D eigenvalue weighted by Gasteiger charge is 2.03. The quantitative estimate of drug-likeness (QED) is 0.229. The first-order valence-electron chi connectivity index (χ1n) is 7.79. The normalized spacial score (nSPS) is 10.8. The molecule has 24 heavy (non-hydrogen) atoms. The van der Waals surface area contributed by atoms with Crippen molar-refractivity contribution in [3.8, 4) is 0 Å². The lowest BCUT2D eigenvalue weighted by Gasteiger charge is -2.11. The van der Waals surface area contributed by atoms with Gasteiger partial charge in [0.1, 0.15) is 6.54 Å². The summed E-state index contributed by atoms with van der Waals surface area (Å²) in [6.45, 7) is 6.07. The van der Waals surface area contributed by atoms with Gasteiger partial charge in [-0.25, -0.2) is 4.99 Å². The monoisotopic (exact) mass is 486 g/mol. The molecular formula is C16H25Cl2IN4O. The molecule has 1 amide bonds. The maximum atomic E-state index is 11.4. The fourth-order valence-electron chi connectivity index (χ4n) is 1.96. The van der Waals surface area contributed by atoms with Gasteiger partial charge in [-0.1, -0.05) is 29.3 Å². The van der Waals surface area contributed by atoms with Crippen LogP contribution in [0.25, 0.3) is 0 Å². The third-order valence-corrected chi connectivity index (χ3v) is 3.62. The molecule has 0 unspecified atom stereocenters. The molecule has 0 aliphatic heterocycles. The summed E-state index contributed by atoms with van der Waals surface area (Å²) < 4.78 is 0. The average molecular weight is 487 g/mol. The first kappa shape index (κ1) is 23.3. The van der Waals surface area contributed by atoms with Crippen molar-refractivity contribution in [2.45, 2.75) is 26.7 Å². The van der Waals surface area contributed by atoms with E-state index in [-0.39, 0.29) is 36.4 Å². The fraction of sp³-hybridized carbons (Fsp3) is 0.500. The van der Waals surface area contributed by atoms with E-state index in [0.29, 0.717) is 22.5 Å². The summed E-state index contributed by atoms with van der Waals surface area (Å²) in [5.41, 5.74) is 1.07. The summed E-state index contributed by atoms with van der Waals surface area (Å²) in [4.78, 5) is 15.7. The van der Waals surface area contributed by atoms with Crippen LogP contribution in [0.4, 0.5) is 0 Å². The highest BCUT2D eigenvalue weighted by atomic mass is 127. The number of nitrogens with zero attached hydrogens (tertiary/aromatic N) is 1. The Labute approximate surface area is 171 Å². The number of aryl methyl sites for hydroxylation is 1. The molecule has 0 saturated heterocycles. The molecule has 3 N–H and O–H groups in total. The van der Waals surface area contributed by atoms with Gasteiger partial charge in [-0.05, 0) is 44.4 Å². The molecule has 1 rings (SSSR count). The summed E-state index contributed by atoms with van der Waals surface area (Å²) >= 11 is 12.0. The van der Waals surface area contributed by atoms with Crippen LogP contribution >= 0.6 is 47.2 Å². The number of aliphatic imine (C=N–C) groups is 1. The minimum absolute atomic E-state index is 0. The third-order valence-electron chi connectivity index (χ3n) is 3.03. The van der Waals surface area contributed by atoms with Crippen LogP contribution in [0.1, 0.15) is 25.8 Å². The van der Waals surface area contributed by atoms with Crippen LogP contribution in [0, 0.1) is 0 Å². The zero-order chi connectivity index (χ0) is 17.1. The van der Waals surface area contributed by atoms with Crippen molar-refractivity contribution in [1.82, 2.24) is 16.0 Å². The van der Waals surface area contributed by atoms with E-state index in [2.05, 4.69) is 20.9 Å². The van der Waals surface area contributed by atoms with E-state index in [1.165, 1.54) is 0 Å². The van der Waals surface area contributed by atoms with Crippen LogP contribution in [0.3, 0.4) is 0 Å². The fourth-order valence-corrected chi connectivity index (χ4v) is 2.46. The van der Waals surface area contributed by atoms with Crippen molar-refractivity contribution >= 4 is 59.0 Å². The Hall–Kier alpha value is -0.730. The zero-order valence-electron chi connectivity index (χ0n) is 14.0.